The molecular formula is C15H16ClN7O. The van der Waals surface area contributed by atoms with Gasteiger partial charge in [-0.2, -0.15) is 14.6 Å². The van der Waals surface area contributed by atoms with Crippen molar-refractivity contribution in [1.29, 1.82) is 0 Å². The summed E-state index contributed by atoms with van der Waals surface area (Å²) in [5.74, 6) is 1.51. The van der Waals surface area contributed by atoms with Crippen molar-refractivity contribution in [3.05, 3.63) is 41.1 Å². The number of amides is 1. The summed E-state index contributed by atoms with van der Waals surface area (Å²) in [6, 6.07) is 3.64. The SMILES string of the molecule is Cc1cc(N2CCN(C(=O)c3cc(Cl)c[nH]3)CC2)n2ncnc2n1. The molecule has 1 fully saturated rings. The lowest BCUT2D eigenvalue weighted by Crippen LogP contribution is -2.49. The van der Waals surface area contributed by atoms with Crippen LogP contribution in [0.4, 0.5) is 5.82 Å². The minimum atomic E-state index is -0.0293. The predicted octanol–water partition coefficient (Wildman–Crippen LogP) is 1.38. The van der Waals surface area contributed by atoms with E-state index in [4.69, 9.17) is 11.6 Å². The topological polar surface area (TPSA) is 82.4 Å². The highest BCUT2D eigenvalue weighted by Gasteiger charge is 2.24. The highest BCUT2D eigenvalue weighted by atomic mass is 35.5. The van der Waals surface area contributed by atoms with Crippen molar-refractivity contribution in [1.82, 2.24) is 29.5 Å². The van der Waals surface area contributed by atoms with E-state index in [2.05, 4.69) is 25.0 Å². The molecule has 1 aliphatic heterocycles. The Kier molecular flexibility index (Phi) is 3.61. The molecule has 1 amide bonds. The number of H-pyrrole nitrogens is 1. The van der Waals surface area contributed by atoms with Gasteiger partial charge in [0.05, 0.1) is 5.02 Å². The molecule has 1 N–H and O–H groups in total. The molecule has 4 heterocycles. The first-order valence-electron chi connectivity index (χ1n) is 7.67. The lowest BCUT2D eigenvalue weighted by molar-refractivity contribution is 0.0741. The van der Waals surface area contributed by atoms with Gasteiger partial charge >= 0.3 is 0 Å². The first kappa shape index (κ1) is 14.9. The van der Waals surface area contributed by atoms with Crippen molar-refractivity contribution >= 4 is 29.1 Å². The molecule has 124 valence electrons. The summed E-state index contributed by atoms with van der Waals surface area (Å²) in [6.45, 7) is 4.64. The van der Waals surface area contributed by atoms with Gasteiger partial charge in [0.15, 0.2) is 0 Å². The summed E-state index contributed by atoms with van der Waals surface area (Å²) in [5, 5.41) is 4.78. The molecule has 3 aromatic rings. The second kappa shape index (κ2) is 5.79. The molecule has 1 aliphatic rings. The van der Waals surface area contributed by atoms with Crippen LogP contribution in [0.5, 0.6) is 0 Å². The van der Waals surface area contributed by atoms with Gasteiger partial charge in [-0.05, 0) is 13.0 Å². The Morgan fingerprint density at radius 1 is 1.25 bits per heavy atom. The van der Waals surface area contributed by atoms with E-state index in [9.17, 15) is 4.79 Å². The number of nitrogens with zero attached hydrogens (tertiary/aromatic N) is 6. The number of piperazine rings is 1. The number of aryl methyl sites for hydroxylation is 1. The van der Waals surface area contributed by atoms with Crippen molar-refractivity contribution in [3.8, 4) is 0 Å². The number of fused-ring (bicyclic) bond motifs is 1. The molecule has 0 aliphatic carbocycles. The zero-order valence-electron chi connectivity index (χ0n) is 13.1. The third-order valence-electron chi connectivity index (χ3n) is 4.13. The Balaban J connectivity index is 1.51. The summed E-state index contributed by atoms with van der Waals surface area (Å²) in [4.78, 5) is 27.9. The van der Waals surface area contributed by atoms with Crippen LogP contribution in [0, 0.1) is 6.92 Å². The maximum atomic E-state index is 12.5. The number of aromatic amines is 1. The van der Waals surface area contributed by atoms with Gasteiger partial charge in [0, 0.05) is 44.1 Å². The molecule has 1 saturated heterocycles. The summed E-state index contributed by atoms with van der Waals surface area (Å²) in [5.41, 5.74) is 1.41. The van der Waals surface area contributed by atoms with Gasteiger partial charge in [0.2, 0.25) is 0 Å². The van der Waals surface area contributed by atoms with Crippen LogP contribution in [0.15, 0.2) is 24.7 Å². The van der Waals surface area contributed by atoms with Crippen LogP contribution < -0.4 is 4.90 Å². The van der Waals surface area contributed by atoms with Crippen LogP contribution >= 0.6 is 11.6 Å². The predicted molar refractivity (Wildman–Crippen MR) is 89.4 cm³/mol. The Hall–Kier alpha value is -2.61. The van der Waals surface area contributed by atoms with Crippen LogP contribution in [-0.4, -0.2) is 61.6 Å². The standard InChI is InChI=1S/C15H16ClN7O/c1-10-6-13(23-15(20-10)18-9-19-23)21-2-4-22(5-3-21)14(24)12-7-11(16)8-17-12/h6-9,17H,2-5H2,1H3. The van der Waals surface area contributed by atoms with Crippen LogP contribution in [0.2, 0.25) is 5.02 Å². The van der Waals surface area contributed by atoms with E-state index in [0.717, 1.165) is 24.6 Å². The Bertz CT molecular complexity index is 894. The van der Waals surface area contributed by atoms with Crippen molar-refractivity contribution in [3.63, 3.8) is 0 Å². The second-order valence-corrected chi connectivity index (χ2v) is 6.17. The van der Waals surface area contributed by atoms with Crippen LogP contribution in [0.3, 0.4) is 0 Å². The molecule has 9 heteroatoms. The Morgan fingerprint density at radius 3 is 2.75 bits per heavy atom. The van der Waals surface area contributed by atoms with E-state index in [-0.39, 0.29) is 5.91 Å². The number of carbonyl (C=O) groups excluding carboxylic acids is 1. The van der Waals surface area contributed by atoms with Gasteiger partial charge in [0.25, 0.3) is 11.7 Å². The van der Waals surface area contributed by atoms with Crippen LogP contribution in [-0.2, 0) is 0 Å². The average Bonchev–Trinajstić information content (AvgIpc) is 3.22. The quantitative estimate of drug-likeness (QED) is 0.758. The number of nitrogens with one attached hydrogen (secondary N) is 1. The molecule has 24 heavy (non-hydrogen) atoms. The van der Waals surface area contributed by atoms with Gasteiger partial charge in [-0.25, -0.2) is 4.98 Å². The average molecular weight is 346 g/mol. The van der Waals surface area contributed by atoms with E-state index in [1.165, 1.54) is 6.33 Å². The number of aromatic nitrogens is 5. The minimum absolute atomic E-state index is 0.0293. The fourth-order valence-electron chi connectivity index (χ4n) is 2.94. The van der Waals surface area contributed by atoms with Gasteiger partial charge in [-0.1, -0.05) is 11.6 Å². The maximum Gasteiger partial charge on any atom is 0.270 e. The fourth-order valence-corrected chi connectivity index (χ4v) is 3.10. The van der Waals surface area contributed by atoms with Crippen molar-refractivity contribution < 1.29 is 4.79 Å². The van der Waals surface area contributed by atoms with E-state index < -0.39 is 0 Å². The third-order valence-corrected chi connectivity index (χ3v) is 4.35. The van der Waals surface area contributed by atoms with Gasteiger partial charge < -0.3 is 14.8 Å². The number of rotatable bonds is 2. The molecule has 0 saturated carbocycles. The second-order valence-electron chi connectivity index (χ2n) is 5.74. The van der Waals surface area contributed by atoms with Crippen molar-refractivity contribution in [2.24, 2.45) is 0 Å². The summed E-state index contributed by atoms with van der Waals surface area (Å²) in [7, 11) is 0. The third kappa shape index (κ3) is 2.58. The Morgan fingerprint density at radius 2 is 2.04 bits per heavy atom. The summed E-state index contributed by atoms with van der Waals surface area (Å²) in [6.07, 6.45) is 3.12. The first-order chi connectivity index (χ1) is 11.6. The number of anilines is 1. The van der Waals surface area contributed by atoms with Crippen LogP contribution in [0.1, 0.15) is 16.2 Å². The first-order valence-corrected chi connectivity index (χ1v) is 8.05. The molecule has 0 bridgehead atoms. The lowest BCUT2D eigenvalue weighted by atomic mass is 10.2. The normalized spacial score (nSPS) is 15.2. The summed E-state index contributed by atoms with van der Waals surface area (Å²) < 4.78 is 1.73. The minimum Gasteiger partial charge on any atom is -0.356 e. The van der Waals surface area contributed by atoms with E-state index in [1.54, 1.807) is 16.8 Å². The molecule has 3 aromatic heterocycles. The molecule has 0 radical (unpaired) electrons. The highest BCUT2D eigenvalue weighted by molar-refractivity contribution is 6.30. The zero-order chi connectivity index (χ0) is 16.7. The monoisotopic (exact) mass is 345 g/mol. The number of halogens is 1. The summed E-state index contributed by atoms with van der Waals surface area (Å²) >= 11 is 5.87. The number of hydrogen-bond acceptors (Lipinski definition) is 5. The molecule has 0 aromatic carbocycles. The molecule has 8 nitrogen and oxygen atoms in total. The molecule has 0 spiro atoms. The maximum absolute atomic E-state index is 12.5. The van der Waals surface area contributed by atoms with Gasteiger partial charge in [-0.15, -0.1) is 0 Å². The lowest BCUT2D eigenvalue weighted by Gasteiger charge is -2.35. The van der Waals surface area contributed by atoms with E-state index in [1.807, 2.05) is 17.9 Å². The van der Waals surface area contributed by atoms with Gasteiger partial charge in [-0.3, -0.25) is 4.79 Å². The zero-order valence-corrected chi connectivity index (χ0v) is 13.9. The van der Waals surface area contributed by atoms with E-state index in [0.29, 0.717) is 29.6 Å². The van der Waals surface area contributed by atoms with Crippen molar-refractivity contribution in [2.45, 2.75) is 6.92 Å². The van der Waals surface area contributed by atoms with Gasteiger partial charge in [0.1, 0.15) is 17.8 Å². The van der Waals surface area contributed by atoms with Crippen molar-refractivity contribution in [2.75, 3.05) is 31.1 Å². The number of carbonyl (C=O) groups is 1. The largest absolute Gasteiger partial charge is 0.356 e. The smallest absolute Gasteiger partial charge is 0.270 e. The highest BCUT2D eigenvalue weighted by Crippen LogP contribution is 2.19. The van der Waals surface area contributed by atoms with Crippen LogP contribution in [0.25, 0.3) is 5.78 Å². The Labute approximate surface area is 143 Å². The van der Waals surface area contributed by atoms with E-state index >= 15 is 0 Å². The molecule has 4 rings (SSSR count). The molecule has 0 unspecified atom stereocenters. The molecular weight excluding hydrogens is 330 g/mol. The fraction of sp³-hybridized carbons (Fsp3) is 0.333. The molecule has 0 atom stereocenters. The number of hydrogen-bond donors (Lipinski definition) is 1.